The van der Waals surface area contributed by atoms with Crippen LogP contribution in [0.1, 0.15) is 245 Å². The Morgan fingerprint density at radius 1 is 0.378 bits per heavy atom. The van der Waals surface area contributed by atoms with Crippen molar-refractivity contribution in [2.24, 2.45) is 0 Å². The summed E-state index contributed by atoms with van der Waals surface area (Å²) in [4.78, 5) is 0. The molecule has 0 fully saturated rings. The second-order valence-electron chi connectivity index (χ2n) is 14.8. The lowest BCUT2D eigenvalue weighted by Gasteiger charge is -2.07. The molecule has 0 radical (unpaired) electrons. The van der Waals surface area contributed by atoms with Crippen molar-refractivity contribution in [1.82, 2.24) is 4.57 Å². The van der Waals surface area contributed by atoms with Gasteiger partial charge in [-0.05, 0) is 32.1 Å². The lowest BCUT2D eigenvalue weighted by atomic mass is 10.0. The number of rotatable bonds is 37. The first-order valence-electron chi connectivity index (χ1n) is 21.4. The van der Waals surface area contributed by atoms with Crippen LogP contribution >= 0.6 is 0 Å². The number of aryl methyl sites for hydroxylation is 2. The van der Waals surface area contributed by atoms with Gasteiger partial charge in [0.05, 0.1) is 13.1 Å². The number of unbranched alkanes of at least 4 members (excludes halogenated alkanes) is 31. The standard InChI is InChI=1S/C43H85N2/c1-4-7-10-13-15-17-19-21-22-23-25-27-29-31-34-37-40-45-42-41-44(39-36-33-12-9-6-3)43(45)38-35-32-30-28-26-24-20-18-16-14-11-8-5-2/h41-42H,4-40H2,1-3H3/q+1. The molecule has 0 atom stereocenters. The van der Waals surface area contributed by atoms with Gasteiger partial charge in [0.2, 0.25) is 0 Å². The zero-order valence-electron chi connectivity index (χ0n) is 31.7. The van der Waals surface area contributed by atoms with Crippen molar-refractivity contribution in [2.45, 2.75) is 259 Å². The third kappa shape index (κ3) is 26.9. The van der Waals surface area contributed by atoms with E-state index in [9.17, 15) is 0 Å². The molecular weight excluding hydrogens is 544 g/mol. The van der Waals surface area contributed by atoms with E-state index in [1.807, 2.05) is 0 Å². The summed E-state index contributed by atoms with van der Waals surface area (Å²) in [7, 11) is 0. The molecule has 0 aliphatic carbocycles. The van der Waals surface area contributed by atoms with Crippen molar-refractivity contribution in [2.75, 3.05) is 0 Å². The van der Waals surface area contributed by atoms with Gasteiger partial charge in [-0.1, -0.05) is 207 Å². The Balaban J connectivity index is 2.17. The summed E-state index contributed by atoms with van der Waals surface area (Å²) in [6, 6.07) is 0. The largest absolute Gasteiger partial charge is 0.256 e. The molecule has 266 valence electrons. The smallest absolute Gasteiger partial charge is 0.234 e. The summed E-state index contributed by atoms with van der Waals surface area (Å²) in [5.74, 6) is 1.62. The van der Waals surface area contributed by atoms with E-state index in [1.54, 1.807) is 5.82 Å². The van der Waals surface area contributed by atoms with Gasteiger partial charge in [-0.15, -0.1) is 0 Å². The molecular formula is C43H85N2+. The summed E-state index contributed by atoms with van der Waals surface area (Å²) >= 11 is 0. The van der Waals surface area contributed by atoms with Crippen molar-refractivity contribution in [3.05, 3.63) is 18.2 Å². The molecule has 0 aliphatic heterocycles. The van der Waals surface area contributed by atoms with Crippen LogP contribution in [0.5, 0.6) is 0 Å². The highest BCUT2D eigenvalue weighted by molar-refractivity contribution is 4.84. The SMILES string of the molecule is CCCCCCCCCCCCCCCCCCn1cc[n+](CCCCCCC)c1CCCCCCCCCCCCCCC. The second-order valence-corrected chi connectivity index (χ2v) is 14.8. The monoisotopic (exact) mass is 630 g/mol. The Bertz CT molecular complexity index is 692. The van der Waals surface area contributed by atoms with Crippen LogP contribution in [0.4, 0.5) is 0 Å². The normalized spacial score (nSPS) is 11.6. The highest BCUT2D eigenvalue weighted by Crippen LogP contribution is 2.16. The molecule has 0 spiro atoms. The third-order valence-electron chi connectivity index (χ3n) is 10.3. The highest BCUT2D eigenvalue weighted by Gasteiger charge is 2.16. The van der Waals surface area contributed by atoms with Crippen LogP contribution in [0.3, 0.4) is 0 Å². The van der Waals surface area contributed by atoms with Crippen molar-refractivity contribution in [1.29, 1.82) is 0 Å². The van der Waals surface area contributed by atoms with Gasteiger partial charge in [0.15, 0.2) is 0 Å². The molecule has 0 saturated heterocycles. The Labute approximate surface area is 285 Å². The molecule has 0 aliphatic rings. The zero-order chi connectivity index (χ0) is 32.3. The van der Waals surface area contributed by atoms with E-state index in [1.165, 1.54) is 238 Å². The maximum absolute atomic E-state index is 2.64. The van der Waals surface area contributed by atoms with E-state index >= 15 is 0 Å². The molecule has 1 heterocycles. The van der Waals surface area contributed by atoms with Crippen LogP contribution in [-0.2, 0) is 19.5 Å². The van der Waals surface area contributed by atoms with E-state index < -0.39 is 0 Å². The van der Waals surface area contributed by atoms with E-state index in [4.69, 9.17) is 0 Å². The molecule has 0 amide bonds. The number of aromatic nitrogens is 2. The molecule has 2 nitrogen and oxygen atoms in total. The zero-order valence-corrected chi connectivity index (χ0v) is 31.7. The number of hydrogen-bond acceptors (Lipinski definition) is 0. The third-order valence-corrected chi connectivity index (χ3v) is 10.3. The van der Waals surface area contributed by atoms with Gasteiger partial charge in [-0.25, -0.2) is 9.13 Å². The van der Waals surface area contributed by atoms with Crippen molar-refractivity contribution < 1.29 is 4.57 Å². The van der Waals surface area contributed by atoms with E-state index in [2.05, 4.69) is 42.3 Å². The fourth-order valence-corrected chi connectivity index (χ4v) is 7.21. The van der Waals surface area contributed by atoms with Gasteiger partial charge in [0, 0.05) is 6.42 Å². The van der Waals surface area contributed by atoms with Gasteiger partial charge in [-0.2, -0.15) is 0 Å². The predicted molar refractivity (Wildman–Crippen MR) is 202 cm³/mol. The maximum Gasteiger partial charge on any atom is 0.256 e. The minimum atomic E-state index is 1.23. The molecule has 1 rings (SSSR count). The Kier molecular flexibility index (Phi) is 32.4. The minimum Gasteiger partial charge on any atom is -0.234 e. The van der Waals surface area contributed by atoms with Gasteiger partial charge in [-0.3, -0.25) is 0 Å². The van der Waals surface area contributed by atoms with Gasteiger partial charge < -0.3 is 0 Å². The summed E-state index contributed by atoms with van der Waals surface area (Å²) in [6.45, 7) is 9.40. The van der Waals surface area contributed by atoms with Crippen LogP contribution < -0.4 is 4.57 Å². The lowest BCUT2D eigenvalue weighted by Crippen LogP contribution is -2.37. The predicted octanol–water partition coefficient (Wildman–Crippen LogP) is 14.6. The van der Waals surface area contributed by atoms with E-state index in [0.29, 0.717) is 0 Å². The van der Waals surface area contributed by atoms with Gasteiger partial charge in [0.1, 0.15) is 12.4 Å². The molecule has 0 N–H and O–H groups in total. The van der Waals surface area contributed by atoms with Crippen molar-refractivity contribution in [3.63, 3.8) is 0 Å². The molecule has 45 heavy (non-hydrogen) atoms. The van der Waals surface area contributed by atoms with E-state index in [-0.39, 0.29) is 0 Å². The second kappa shape index (κ2) is 34.5. The quantitative estimate of drug-likeness (QED) is 0.0511. The first-order valence-corrected chi connectivity index (χ1v) is 21.4. The molecule has 0 unspecified atom stereocenters. The average Bonchev–Trinajstić information content (AvgIpc) is 3.43. The Morgan fingerprint density at radius 3 is 1.07 bits per heavy atom. The number of imidazole rings is 1. The van der Waals surface area contributed by atoms with Crippen LogP contribution in [0.2, 0.25) is 0 Å². The summed E-state index contributed by atoms with van der Waals surface area (Å²) < 4.78 is 5.26. The van der Waals surface area contributed by atoms with Crippen molar-refractivity contribution >= 4 is 0 Å². The first kappa shape index (κ1) is 42.2. The first-order chi connectivity index (χ1) is 22.3. The van der Waals surface area contributed by atoms with Crippen LogP contribution in [-0.4, -0.2) is 4.57 Å². The summed E-state index contributed by atoms with van der Waals surface area (Å²) in [5, 5.41) is 0. The molecule has 0 bridgehead atoms. The molecule has 1 aromatic rings. The Morgan fingerprint density at radius 2 is 0.689 bits per heavy atom. The fraction of sp³-hybridized carbons (Fsp3) is 0.930. The maximum atomic E-state index is 2.64. The van der Waals surface area contributed by atoms with Gasteiger partial charge >= 0.3 is 0 Å². The van der Waals surface area contributed by atoms with Crippen LogP contribution in [0, 0.1) is 0 Å². The molecule has 1 aromatic heterocycles. The Hall–Kier alpha value is -0.790. The van der Waals surface area contributed by atoms with Crippen molar-refractivity contribution in [3.8, 4) is 0 Å². The topological polar surface area (TPSA) is 8.81 Å². The highest BCUT2D eigenvalue weighted by atomic mass is 15.1. The van der Waals surface area contributed by atoms with Crippen LogP contribution in [0.15, 0.2) is 12.4 Å². The number of hydrogen-bond donors (Lipinski definition) is 0. The average molecular weight is 630 g/mol. The molecule has 0 saturated carbocycles. The fourth-order valence-electron chi connectivity index (χ4n) is 7.21. The lowest BCUT2D eigenvalue weighted by molar-refractivity contribution is -0.704. The van der Waals surface area contributed by atoms with Gasteiger partial charge in [0.25, 0.3) is 5.82 Å². The minimum absolute atomic E-state index is 1.23. The number of nitrogens with zero attached hydrogens (tertiary/aromatic N) is 2. The summed E-state index contributed by atoms with van der Waals surface area (Å²) in [5.41, 5.74) is 0. The molecule has 2 heteroatoms. The molecule has 0 aromatic carbocycles. The van der Waals surface area contributed by atoms with E-state index in [0.717, 1.165) is 0 Å². The summed E-state index contributed by atoms with van der Waals surface area (Å²) in [6.07, 6.45) is 54.9. The van der Waals surface area contributed by atoms with Crippen LogP contribution in [0.25, 0.3) is 0 Å².